The number of carbonyl (C=O) groups excluding carboxylic acids is 1. The van der Waals surface area contributed by atoms with Crippen molar-refractivity contribution in [1.82, 2.24) is 4.90 Å². The second-order valence-electron chi connectivity index (χ2n) is 5.56. The minimum absolute atomic E-state index is 0.126. The van der Waals surface area contributed by atoms with Crippen molar-refractivity contribution in [2.75, 3.05) is 34.0 Å². The first-order valence-electron chi connectivity index (χ1n) is 8.19. The van der Waals surface area contributed by atoms with Crippen molar-refractivity contribution in [3.8, 4) is 17.6 Å². The lowest BCUT2D eigenvalue weighted by Gasteiger charge is -2.23. The van der Waals surface area contributed by atoms with Crippen LogP contribution in [-0.2, 0) is 16.1 Å². The summed E-state index contributed by atoms with van der Waals surface area (Å²) in [5, 5.41) is 8.94. The zero-order valence-corrected chi connectivity index (χ0v) is 15.0. The molecule has 2 aromatic rings. The zero-order chi connectivity index (χ0) is 18.8. The Hall–Kier alpha value is -3.04. The predicted octanol–water partition coefficient (Wildman–Crippen LogP) is 2.62. The molecule has 0 radical (unpaired) electrons. The lowest BCUT2D eigenvalue weighted by Crippen LogP contribution is -2.36. The van der Waals surface area contributed by atoms with E-state index < -0.39 is 0 Å². The molecule has 6 heteroatoms. The smallest absolute Gasteiger partial charge is 0.260 e. The van der Waals surface area contributed by atoms with E-state index in [1.54, 1.807) is 30.2 Å². The maximum atomic E-state index is 12.6. The summed E-state index contributed by atoms with van der Waals surface area (Å²) in [6.07, 6.45) is 0. The lowest BCUT2D eigenvalue weighted by molar-refractivity contribution is -0.134. The first-order chi connectivity index (χ1) is 12.7. The maximum absolute atomic E-state index is 12.6. The first-order valence-corrected chi connectivity index (χ1v) is 8.19. The number of hydrogen-bond donors (Lipinski definition) is 0. The standard InChI is InChI=1S/C20H22N2O4/c1-24-11-10-22(14-16-6-4-3-5-7-16)20(23)15-26-18-9-8-17(13-21)12-19(18)25-2/h3-9,12H,10-11,14-15H2,1-2H3. The van der Waals surface area contributed by atoms with E-state index in [-0.39, 0.29) is 12.5 Å². The summed E-state index contributed by atoms with van der Waals surface area (Å²) in [5.74, 6) is 0.687. The molecule has 0 saturated carbocycles. The molecule has 0 spiro atoms. The van der Waals surface area contributed by atoms with E-state index in [9.17, 15) is 4.79 Å². The van der Waals surface area contributed by atoms with E-state index in [1.807, 2.05) is 36.4 Å². The highest BCUT2D eigenvalue weighted by Gasteiger charge is 2.16. The minimum Gasteiger partial charge on any atom is -0.493 e. The van der Waals surface area contributed by atoms with Crippen LogP contribution < -0.4 is 9.47 Å². The number of hydrogen-bond acceptors (Lipinski definition) is 5. The fraction of sp³-hybridized carbons (Fsp3) is 0.300. The fourth-order valence-electron chi connectivity index (χ4n) is 2.38. The Morgan fingerprint density at radius 2 is 1.88 bits per heavy atom. The van der Waals surface area contributed by atoms with E-state index in [2.05, 4.69) is 0 Å². The normalized spacial score (nSPS) is 10.0. The van der Waals surface area contributed by atoms with E-state index in [4.69, 9.17) is 19.5 Å². The van der Waals surface area contributed by atoms with Gasteiger partial charge in [-0.2, -0.15) is 5.26 Å². The lowest BCUT2D eigenvalue weighted by atomic mass is 10.2. The third-order valence-corrected chi connectivity index (χ3v) is 3.78. The molecule has 0 saturated heterocycles. The summed E-state index contributed by atoms with van der Waals surface area (Å²) in [4.78, 5) is 14.3. The molecule has 0 aliphatic carbocycles. The fourth-order valence-corrected chi connectivity index (χ4v) is 2.38. The minimum atomic E-state index is -0.155. The Kier molecular flexibility index (Phi) is 7.47. The largest absolute Gasteiger partial charge is 0.493 e. The second kappa shape index (κ2) is 10.1. The van der Waals surface area contributed by atoms with E-state index in [0.29, 0.717) is 36.8 Å². The number of rotatable bonds is 9. The van der Waals surface area contributed by atoms with Gasteiger partial charge in [0.1, 0.15) is 0 Å². The number of carbonyl (C=O) groups is 1. The third kappa shape index (κ3) is 5.50. The Bertz CT molecular complexity index is 756. The Labute approximate surface area is 153 Å². The Morgan fingerprint density at radius 3 is 2.54 bits per heavy atom. The number of amides is 1. The van der Waals surface area contributed by atoms with E-state index in [0.717, 1.165) is 5.56 Å². The first kappa shape index (κ1) is 19.3. The number of nitrogens with zero attached hydrogens (tertiary/aromatic N) is 2. The van der Waals surface area contributed by atoms with Gasteiger partial charge in [0.05, 0.1) is 25.3 Å². The zero-order valence-electron chi connectivity index (χ0n) is 15.0. The highest BCUT2D eigenvalue weighted by atomic mass is 16.5. The van der Waals surface area contributed by atoms with Gasteiger partial charge >= 0.3 is 0 Å². The quantitative estimate of drug-likeness (QED) is 0.692. The van der Waals surface area contributed by atoms with Gasteiger partial charge in [-0.3, -0.25) is 4.79 Å². The van der Waals surface area contributed by atoms with Gasteiger partial charge in [-0.05, 0) is 17.7 Å². The molecule has 0 aliphatic rings. The molecule has 1 amide bonds. The van der Waals surface area contributed by atoms with E-state index >= 15 is 0 Å². The molecule has 0 atom stereocenters. The summed E-state index contributed by atoms with van der Waals surface area (Å²) in [6, 6.07) is 16.6. The third-order valence-electron chi connectivity index (χ3n) is 3.78. The molecule has 0 aromatic heterocycles. The van der Waals surface area contributed by atoms with Crippen molar-refractivity contribution >= 4 is 5.91 Å². The summed E-state index contributed by atoms with van der Waals surface area (Å²) in [7, 11) is 3.09. The molecule has 0 fully saturated rings. The van der Waals surface area contributed by atoms with Crippen LogP contribution in [0.2, 0.25) is 0 Å². The Morgan fingerprint density at radius 1 is 1.12 bits per heavy atom. The van der Waals surface area contributed by atoms with Crippen LogP contribution in [0.4, 0.5) is 0 Å². The van der Waals surface area contributed by atoms with Gasteiger partial charge < -0.3 is 19.1 Å². The molecular weight excluding hydrogens is 332 g/mol. The van der Waals surface area contributed by atoms with Crippen LogP contribution in [0, 0.1) is 11.3 Å². The SMILES string of the molecule is COCCN(Cc1ccccc1)C(=O)COc1ccc(C#N)cc1OC. The van der Waals surface area contributed by atoms with Crippen molar-refractivity contribution < 1.29 is 19.0 Å². The molecular formula is C20H22N2O4. The average molecular weight is 354 g/mol. The van der Waals surface area contributed by atoms with Crippen LogP contribution in [0.15, 0.2) is 48.5 Å². The van der Waals surface area contributed by atoms with Crippen molar-refractivity contribution in [3.63, 3.8) is 0 Å². The Balaban J connectivity index is 2.03. The monoisotopic (exact) mass is 354 g/mol. The molecule has 0 aliphatic heterocycles. The van der Waals surface area contributed by atoms with Gasteiger partial charge in [0.25, 0.3) is 5.91 Å². The summed E-state index contributed by atoms with van der Waals surface area (Å²) < 4.78 is 15.9. The summed E-state index contributed by atoms with van der Waals surface area (Å²) >= 11 is 0. The molecule has 0 unspecified atom stereocenters. The average Bonchev–Trinajstić information content (AvgIpc) is 2.69. The van der Waals surface area contributed by atoms with Crippen LogP contribution in [0.25, 0.3) is 0 Å². The number of ether oxygens (including phenoxy) is 3. The van der Waals surface area contributed by atoms with Crippen LogP contribution in [0.5, 0.6) is 11.5 Å². The van der Waals surface area contributed by atoms with Crippen LogP contribution in [-0.4, -0.2) is 44.8 Å². The highest BCUT2D eigenvalue weighted by molar-refractivity contribution is 5.78. The number of nitriles is 1. The number of benzene rings is 2. The molecule has 6 nitrogen and oxygen atoms in total. The highest BCUT2D eigenvalue weighted by Crippen LogP contribution is 2.27. The van der Waals surface area contributed by atoms with Gasteiger partial charge in [-0.1, -0.05) is 30.3 Å². The molecule has 2 aromatic carbocycles. The van der Waals surface area contributed by atoms with Crippen molar-refractivity contribution in [2.24, 2.45) is 0 Å². The van der Waals surface area contributed by atoms with Gasteiger partial charge in [-0.25, -0.2) is 0 Å². The van der Waals surface area contributed by atoms with Crippen LogP contribution >= 0.6 is 0 Å². The molecule has 26 heavy (non-hydrogen) atoms. The molecule has 0 N–H and O–H groups in total. The molecule has 2 rings (SSSR count). The molecule has 136 valence electrons. The van der Waals surface area contributed by atoms with Gasteiger partial charge in [0.2, 0.25) is 0 Å². The second-order valence-corrected chi connectivity index (χ2v) is 5.56. The summed E-state index contributed by atoms with van der Waals surface area (Å²) in [6.45, 7) is 1.27. The topological polar surface area (TPSA) is 71.8 Å². The van der Waals surface area contributed by atoms with Crippen LogP contribution in [0.3, 0.4) is 0 Å². The van der Waals surface area contributed by atoms with Crippen molar-refractivity contribution in [3.05, 3.63) is 59.7 Å². The van der Waals surface area contributed by atoms with Crippen molar-refractivity contribution in [1.29, 1.82) is 5.26 Å². The molecule has 0 heterocycles. The maximum Gasteiger partial charge on any atom is 0.260 e. The van der Waals surface area contributed by atoms with Crippen LogP contribution in [0.1, 0.15) is 11.1 Å². The summed E-state index contributed by atoms with van der Waals surface area (Å²) in [5.41, 5.74) is 1.50. The van der Waals surface area contributed by atoms with Gasteiger partial charge in [0.15, 0.2) is 18.1 Å². The predicted molar refractivity (Wildman–Crippen MR) is 96.9 cm³/mol. The van der Waals surface area contributed by atoms with Crippen molar-refractivity contribution in [2.45, 2.75) is 6.54 Å². The molecule has 0 bridgehead atoms. The number of methoxy groups -OCH3 is 2. The van der Waals surface area contributed by atoms with Gasteiger partial charge in [-0.15, -0.1) is 0 Å². The van der Waals surface area contributed by atoms with E-state index in [1.165, 1.54) is 7.11 Å². The van der Waals surface area contributed by atoms with Gasteiger partial charge in [0, 0.05) is 26.3 Å².